The van der Waals surface area contributed by atoms with Gasteiger partial charge in [0, 0.05) is 58.0 Å². The maximum atomic E-state index is 13.3. The van der Waals surface area contributed by atoms with Gasteiger partial charge in [0.15, 0.2) is 0 Å². The van der Waals surface area contributed by atoms with Crippen molar-refractivity contribution in [2.24, 2.45) is 5.92 Å². The Bertz CT molecular complexity index is 966. The second-order valence-corrected chi connectivity index (χ2v) is 9.12. The number of methoxy groups -OCH3 is 1. The molecule has 2 aromatic carbocycles. The van der Waals surface area contributed by atoms with Crippen LogP contribution in [0.25, 0.3) is 0 Å². The molecule has 1 aliphatic heterocycles. The van der Waals surface area contributed by atoms with Crippen LogP contribution in [0.2, 0.25) is 0 Å². The van der Waals surface area contributed by atoms with E-state index in [0.717, 1.165) is 13.1 Å². The highest BCUT2D eigenvalue weighted by atomic mass is 16.5. The van der Waals surface area contributed by atoms with Gasteiger partial charge in [0.25, 0.3) is 5.91 Å². The lowest BCUT2D eigenvalue weighted by molar-refractivity contribution is -0.115. The predicted molar refractivity (Wildman–Crippen MR) is 134 cm³/mol. The SMILES string of the molecule is CCC(=O)Nc1ccc2c(c1)OC[C@H](C)N(Cc1ccccc1)C[C@H](C)[C@@H](OC)CN(C)C2=O. The lowest BCUT2D eigenvalue weighted by Crippen LogP contribution is -2.46. The number of anilines is 1. The van der Waals surface area contributed by atoms with Crippen LogP contribution in [-0.4, -0.2) is 67.6 Å². The predicted octanol–water partition coefficient (Wildman–Crippen LogP) is 4.04. The average Bonchev–Trinajstić information content (AvgIpc) is 2.84. The first-order valence-corrected chi connectivity index (χ1v) is 11.9. The Morgan fingerprint density at radius 3 is 2.56 bits per heavy atom. The van der Waals surface area contributed by atoms with E-state index in [1.165, 1.54) is 5.56 Å². The summed E-state index contributed by atoms with van der Waals surface area (Å²) in [5.41, 5.74) is 2.33. The Kier molecular flexibility index (Phi) is 9.07. The number of benzene rings is 2. The molecule has 3 rings (SSSR count). The Hall–Kier alpha value is -2.90. The third kappa shape index (κ3) is 6.58. The van der Waals surface area contributed by atoms with Gasteiger partial charge in [-0.2, -0.15) is 0 Å². The summed E-state index contributed by atoms with van der Waals surface area (Å²) in [7, 11) is 3.49. The van der Waals surface area contributed by atoms with Gasteiger partial charge < -0.3 is 19.7 Å². The summed E-state index contributed by atoms with van der Waals surface area (Å²) >= 11 is 0. The molecule has 1 N–H and O–H groups in total. The van der Waals surface area contributed by atoms with Crippen LogP contribution in [0.15, 0.2) is 48.5 Å². The van der Waals surface area contributed by atoms with Gasteiger partial charge in [0.05, 0.1) is 11.7 Å². The number of fused-ring (bicyclic) bond motifs is 1. The summed E-state index contributed by atoms with van der Waals surface area (Å²) in [5.74, 6) is 0.458. The van der Waals surface area contributed by atoms with Crippen LogP contribution < -0.4 is 10.1 Å². The first-order chi connectivity index (χ1) is 16.3. The van der Waals surface area contributed by atoms with E-state index in [1.54, 1.807) is 44.2 Å². The molecular formula is C27H37N3O4. The van der Waals surface area contributed by atoms with Crippen molar-refractivity contribution in [1.29, 1.82) is 0 Å². The van der Waals surface area contributed by atoms with E-state index in [9.17, 15) is 9.59 Å². The standard InChI is InChI=1S/C27H37N3O4/c1-6-26(31)28-22-12-13-23-24(14-22)34-18-20(3)30(16-21-10-8-7-9-11-21)15-19(2)25(33-5)17-29(4)27(23)32/h7-14,19-20,25H,6,15-18H2,1-5H3,(H,28,31)/t19-,20-,25-/m0/s1. The minimum absolute atomic E-state index is 0.0872. The molecule has 0 radical (unpaired) electrons. The van der Waals surface area contributed by atoms with E-state index in [-0.39, 0.29) is 29.9 Å². The average molecular weight is 468 g/mol. The Morgan fingerprint density at radius 2 is 1.88 bits per heavy atom. The highest BCUT2D eigenvalue weighted by molar-refractivity contribution is 5.98. The number of hydrogen-bond donors (Lipinski definition) is 1. The first-order valence-electron chi connectivity index (χ1n) is 11.9. The number of nitrogens with zero attached hydrogens (tertiary/aromatic N) is 2. The summed E-state index contributed by atoms with van der Waals surface area (Å²) < 4.78 is 12.1. The van der Waals surface area contributed by atoms with Crippen LogP contribution in [0.4, 0.5) is 5.69 Å². The smallest absolute Gasteiger partial charge is 0.257 e. The lowest BCUT2D eigenvalue weighted by atomic mass is 10.0. The summed E-state index contributed by atoms with van der Waals surface area (Å²) in [6.45, 7) is 8.58. The van der Waals surface area contributed by atoms with Crippen molar-refractivity contribution in [3.8, 4) is 5.75 Å². The van der Waals surface area contributed by atoms with Crippen LogP contribution in [0, 0.1) is 5.92 Å². The summed E-state index contributed by atoms with van der Waals surface area (Å²) in [5, 5.41) is 2.85. The van der Waals surface area contributed by atoms with Crippen molar-refractivity contribution < 1.29 is 19.1 Å². The Morgan fingerprint density at radius 1 is 1.15 bits per heavy atom. The second-order valence-electron chi connectivity index (χ2n) is 9.12. The zero-order valence-corrected chi connectivity index (χ0v) is 20.9. The molecule has 0 unspecified atom stereocenters. The minimum atomic E-state index is -0.132. The van der Waals surface area contributed by atoms with Gasteiger partial charge in [-0.3, -0.25) is 14.5 Å². The molecule has 7 nitrogen and oxygen atoms in total. The van der Waals surface area contributed by atoms with E-state index in [2.05, 4.69) is 48.3 Å². The molecule has 2 amide bonds. The van der Waals surface area contributed by atoms with Gasteiger partial charge in [-0.25, -0.2) is 0 Å². The molecule has 0 aromatic heterocycles. The number of amides is 2. The quantitative estimate of drug-likeness (QED) is 0.719. The number of nitrogens with one attached hydrogen (secondary N) is 1. The molecule has 0 aliphatic carbocycles. The van der Waals surface area contributed by atoms with Crippen molar-refractivity contribution in [3.05, 3.63) is 59.7 Å². The van der Waals surface area contributed by atoms with E-state index in [0.29, 0.717) is 36.6 Å². The van der Waals surface area contributed by atoms with Gasteiger partial charge in [-0.1, -0.05) is 44.2 Å². The first kappa shape index (κ1) is 25.7. The molecule has 184 valence electrons. The highest BCUT2D eigenvalue weighted by Gasteiger charge is 2.28. The lowest BCUT2D eigenvalue weighted by Gasteiger charge is -2.36. The molecule has 0 fully saturated rings. The Labute approximate surface area is 203 Å². The largest absolute Gasteiger partial charge is 0.491 e. The van der Waals surface area contributed by atoms with Crippen LogP contribution in [0.3, 0.4) is 0 Å². The van der Waals surface area contributed by atoms with E-state index >= 15 is 0 Å². The number of carbonyl (C=O) groups is 2. The molecule has 0 saturated carbocycles. The molecule has 0 bridgehead atoms. The third-order valence-electron chi connectivity index (χ3n) is 6.41. The van der Waals surface area contributed by atoms with Crippen molar-refractivity contribution >= 4 is 17.5 Å². The fourth-order valence-corrected chi connectivity index (χ4v) is 4.21. The molecule has 3 atom stereocenters. The Balaban J connectivity index is 1.94. The third-order valence-corrected chi connectivity index (χ3v) is 6.41. The molecule has 34 heavy (non-hydrogen) atoms. The van der Waals surface area contributed by atoms with Crippen molar-refractivity contribution in [2.75, 3.05) is 39.2 Å². The molecule has 2 aromatic rings. The van der Waals surface area contributed by atoms with Gasteiger partial charge in [-0.15, -0.1) is 0 Å². The van der Waals surface area contributed by atoms with Crippen molar-refractivity contribution in [2.45, 2.75) is 45.9 Å². The monoisotopic (exact) mass is 467 g/mol. The maximum Gasteiger partial charge on any atom is 0.257 e. The minimum Gasteiger partial charge on any atom is -0.491 e. The van der Waals surface area contributed by atoms with Gasteiger partial charge in [-0.05, 0) is 30.5 Å². The molecule has 7 heteroatoms. The van der Waals surface area contributed by atoms with Crippen molar-refractivity contribution in [1.82, 2.24) is 9.80 Å². The summed E-state index contributed by atoms with van der Waals surface area (Å²) in [4.78, 5) is 29.3. The van der Waals surface area contributed by atoms with E-state index in [4.69, 9.17) is 9.47 Å². The molecular weight excluding hydrogens is 430 g/mol. The second kappa shape index (κ2) is 12.0. The zero-order valence-electron chi connectivity index (χ0n) is 20.9. The number of ether oxygens (including phenoxy) is 2. The van der Waals surface area contributed by atoms with Crippen LogP contribution in [-0.2, 0) is 16.1 Å². The van der Waals surface area contributed by atoms with Crippen LogP contribution >= 0.6 is 0 Å². The number of likely N-dealkylation sites (N-methyl/N-ethyl adjacent to an activating group) is 1. The highest BCUT2D eigenvalue weighted by Crippen LogP contribution is 2.27. The van der Waals surface area contributed by atoms with E-state index in [1.807, 2.05) is 6.07 Å². The number of rotatable bonds is 5. The number of hydrogen-bond acceptors (Lipinski definition) is 5. The van der Waals surface area contributed by atoms with Crippen LogP contribution in [0.1, 0.15) is 43.1 Å². The zero-order chi connectivity index (χ0) is 24.7. The normalized spacial score (nSPS) is 22.2. The molecule has 0 spiro atoms. The maximum absolute atomic E-state index is 13.3. The van der Waals surface area contributed by atoms with E-state index < -0.39 is 0 Å². The topological polar surface area (TPSA) is 71.1 Å². The fourth-order valence-electron chi connectivity index (χ4n) is 4.21. The van der Waals surface area contributed by atoms with Gasteiger partial charge in [0.1, 0.15) is 12.4 Å². The van der Waals surface area contributed by atoms with Crippen LogP contribution in [0.5, 0.6) is 5.75 Å². The van der Waals surface area contributed by atoms with Gasteiger partial charge in [0.2, 0.25) is 5.91 Å². The number of carbonyl (C=O) groups excluding carboxylic acids is 2. The molecule has 0 saturated heterocycles. The fraction of sp³-hybridized carbons (Fsp3) is 0.481. The molecule has 1 aliphatic rings. The molecule has 1 heterocycles. The summed E-state index contributed by atoms with van der Waals surface area (Å²) in [6, 6.07) is 15.7. The van der Waals surface area contributed by atoms with Crippen molar-refractivity contribution in [3.63, 3.8) is 0 Å². The van der Waals surface area contributed by atoms with Gasteiger partial charge >= 0.3 is 0 Å². The summed E-state index contributed by atoms with van der Waals surface area (Å²) in [6.07, 6.45) is 0.271.